The number of carbonyl (C=O) groups excluding carboxylic acids is 1. The van der Waals surface area contributed by atoms with Crippen LogP contribution in [-0.2, 0) is 12.8 Å². The van der Waals surface area contributed by atoms with Crippen molar-refractivity contribution in [3.8, 4) is 23.6 Å². The van der Waals surface area contributed by atoms with Gasteiger partial charge in [-0.25, -0.2) is 9.97 Å². The number of terminal acetylenes is 1. The Kier molecular flexibility index (Phi) is 5.96. The molecule has 31 heavy (non-hydrogen) atoms. The van der Waals surface area contributed by atoms with Crippen LogP contribution in [0.3, 0.4) is 0 Å². The fourth-order valence-electron chi connectivity index (χ4n) is 3.39. The van der Waals surface area contributed by atoms with E-state index in [0.29, 0.717) is 18.4 Å². The topological polar surface area (TPSA) is 55.7 Å². The molecular weight excluding hydrogens is 382 g/mol. The third-order valence-electron chi connectivity index (χ3n) is 5.16. The van der Waals surface area contributed by atoms with E-state index in [1.165, 1.54) is 0 Å². The van der Waals surface area contributed by atoms with Crippen LogP contribution in [0.5, 0.6) is 0 Å². The van der Waals surface area contributed by atoms with Gasteiger partial charge in [-0.05, 0) is 53.9 Å². The molecule has 2 heterocycles. The van der Waals surface area contributed by atoms with Crippen LogP contribution in [0.25, 0.3) is 11.3 Å². The Morgan fingerprint density at radius 3 is 2.61 bits per heavy atom. The van der Waals surface area contributed by atoms with Crippen molar-refractivity contribution in [2.24, 2.45) is 0 Å². The van der Waals surface area contributed by atoms with Crippen molar-refractivity contribution < 1.29 is 4.79 Å². The number of hydrogen-bond acceptors (Lipinski definition) is 4. The molecule has 0 unspecified atom stereocenters. The third kappa shape index (κ3) is 4.91. The van der Waals surface area contributed by atoms with Crippen molar-refractivity contribution in [2.45, 2.75) is 19.8 Å². The maximum absolute atomic E-state index is 12.7. The van der Waals surface area contributed by atoms with E-state index < -0.39 is 0 Å². The van der Waals surface area contributed by atoms with E-state index in [4.69, 9.17) is 11.4 Å². The summed E-state index contributed by atoms with van der Waals surface area (Å²) in [5, 5.41) is 0. The molecule has 2 aromatic heterocycles. The minimum Gasteiger partial charge on any atom is -0.294 e. The third-order valence-corrected chi connectivity index (χ3v) is 5.16. The van der Waals surface area contributed by atoms with Gasteiger partial charge in [0, 0.05) is 48.1 Å². The zero-order valence-electron chi connectivity index (χ0n) is 17.2. The molecular formula is C27H21N3O. The van der Waals surface area contributed by atoms with E-state index in [1.54, 1.807) is 42.9 Å². The second kappa shape index (κ2) is 9.15. The SMILES string of the molecule is C#Cc1ccc(C(=O)Cc2ccc(C)c(Cc3nccc(-c4cccnc4)n3)c2)cc1. The number of Topliss-reactive ketones (excluding diaryl/α,β-unsaturated/α-hetero) is 1. The Morgan fingerprint density at radius 1 is 1.03 bits per heavy atom. The summed E-state index contributed by atoms with van der Waals surface area (Å²) in [6, 6.07) is 19.0. The molecule has 2 aromatic carbocycles. The van der Waals surface area contributed by atoms with Crippen LogP contribution >= 0.6 is 0 Å². The zero-order valence-corrected chi connectivity index (χ0v) is 17.2. The van der Waals surface area contributed by atoms with Gasteiger partial charge in [-0.1, -0.05) is 36.3 Å². The second-order valence-electron chi connectivity index (χ2n) is 7.36. The molecule has 150 valence electrons. The molecule has 0 fully saturated rings. The summed E-state index contributed by atoms with van der Waals surface area (Å²) in [4.78, 5) is 26.0. The van der Waals surface area contributed by atoms with E-state index in [9.17, 15) is 4.79 Å². The highest BCUT2D eigenvalue weighted by molar-refractivity contribution is 5.97. The van der Waals surface area contributed by atoms with Crippen LogP contribution in [0.4, 0.5) is 0 Å². The normalized spacial score (nSPS) is 10.5. The lowest BCUT2D eigenvalue weighted by molar-refractivity contribution is 0.0993. The number of hydrogen-bond donors (Lipinski definition) is 0. The molecule has 4 nitrogen and oxygen atoms in total. The summed E-state index contributed by atoms with van der Waals surface area (Å²) >= 11 is 0. The van der Waals surface area contributed by atoms with E-state index >= 15 is 0 Å². The number of aryl methyl sites for hydroxylation is 1. The summed E-state index contributed by atoms with van der Waals surface area (Å²) in [7, 11) is 0. The Morgan fingerprint density at radius 2 is 1.87 bits per heavy atom. The first-order valence-corrected chi connectivity index (χ1v) is 10.0. The molecule has 0 aliphatic heterocycles. The van der Waals surface area contributed by atoms with Crippen molar-refractivity contribution in [2.75, 3.05) is 0 Å². The van der Waals surface area contributed by atoms with Gasteiger partial charge in [0.05, 0.1) is 5.69 Å². The van der Waals surface area contributed by atoms with Crippen molar-refractivity contribution in [1.82, 2.24) is 15.0 Å². The first-order valence-electron chi connectivity index (χ1n) is 10.0. The summed E-state index contributed by atoms with van der Waals surface area (Å²) in [6.45, 7) is 2.06. The number of carbonyl (C=O) groups is 1. The van der Waals surface area contributed by atoms with Gasteiger partial charge >= 0.3 is 0 Å². The number of ketones is 1. The molecule has 0 radical (unpaired) electrons. The van der Waals surface area contributed by atoms with Crippen LogP contribution in [0, 0.1) is 19.3 Å². The minimum absolute atomic E-state index is 0.0631. The summed E-state index contributed by atoms with van der Waals surface area (Å²) in [5.41, 5.74) is 6.45. The molecule has 0 saturated carbocycles. The average Bonchev–Trinajstić information content (AvgIpc) is 2.82. The average molecular weight is 403 g/mol. The van der Waals surface area contributed by atoms with Crippen LogP contribution < -0.4 is 0 Å². The fourth-order valence-corrected chi connectivity index (χ4v) is 3.39. The molecule has 4 rings (SSSR count). The number of rotatable bonds is 6. The molecule has 0 bridgehead atoms. The summed E-state index contributed by atoms with van der Waals surface area (Å²) in [5.74, 6) is 3.36. The molecule has 0 spiro atoms. The predicted octanol–water partition coefficient (Wildman–Crippen LogP) is 4.84. The largest absolute Gasteiger partial charge is 0.294 e. The molecule has 0 N–H and O–H groups in total. The Bertz CT molecular complexity index is 1260. The van der Waals surface area contributed by atoms with Crippen LogP contribution in [0.2, 0.25) is 0 Å². The maximum atomic E-state index is 12.7. The molecule has 0 atom stereocenters. The molecule has 4 heteroatoms. The fraction of sp³-hybridized carbons (Fsp3) is 0.111. The zero-order chi connectivity index (χ0) is 21.6. The highest BCUT2D eigenvalue weighted by atomic mass is 16.1. The van der Waals surface area contributed by atoms with E-state index in [2.05, 4.69) is 28.9 Å². The lowest BCUT2D eigenvalue weighted by Gasteiger charge is -2.09. The van der Waals surface area contributed by atoms with E-state index in [0.717, 1.165) is 39.3 Å². The van der Waals surface area contributed by atoms with Gasteiger partial charge < -0.3 is 0 Å². The quantitative estimate of drug-likeness (QED) is 0.341. The molecule has 0 amide bonds. The smallest absolute Gasteiger partial charge is 0.167 e. The van der Waals surface area contributed by atoms with Crippen molar-refractivity contribution in [1.29, 1.82) is 0 Å². The Labute approximate surface area is 182 Å². The van der Waals surface area contributed by atoms with Gasteiger partial charge in [0.2, 0.25) is 0 Å². The van der Waals surface area contributed by atoms with Crippen molar-refractivity contribution >= 4 is 5.78 Å². The predicted molar refractivity (Wildman–Crippen MR) is 122 cm³/mol. The lowest BCUT2D eigenvalue weighted by atomic mass is 9.97. The molecule has 4 aromatic rings. The standard InChI is InChI=1S/C27H21N3O/c1-3-20-8-10-22(11-9-20)26(31)16-21-7-6-19(2)24(15-21)17-27-29-14-12-25(30-27)23-5-4-13-28-18-23/h1,4-15,18H,16-17H2,2H3. The van der Waals surface area contributed by atoms with Crippen LogP contribution in [0.1, 0.15) is 38.4 Å². The van der Waals surface area contributed by atoms with Crippen molar-refractivity contribution in [3.63, 3.8) is 0 Å². The first kappa shape index (κ1) is 20.2. The number of aromatic nitrogens is 3. The minimum atomic E-state index is 0.0631. The van der Waals surface area contributed by atoms with Gasteiger partial charge in [0.1, 0.15) is 5.82 Å². The molecule has 0 saturated heterocycles. The van der Waals surface area contributed by atoms with E-state index in [1.807, 2.05) is 30.3 Å². The monoisotopic (exact) mass is 403 g/mol. The lowest BCUT2D eigenvalue weighted by Crippen LogP contribution is -2.05. The van der Waals surface area contributed by atoms with Crippen LogP contribution in [0.15, 0.2) is 79.3 Å². The number of pyridine rings is 1. The molecule has 0 aliphatic carbocycles. The maximum Gasteiger partial charge on any atom is 0.167 e. The second-order valence-corrected chi connectivity index (χ2v) is 7.36. The number of benzene rings is 2. The van der Waals surface area contributed by atoms with Gasteiger partial charge in [-0.3, -0.25) is 9.78 Å². The molecule has 0 aliphatic rings. The summed E-state index contributed by atoms with van der Waals surface area (Å²) in [6.07, 6.45) is 11.6. The Balaban J connectivity index is 1.53. The Hall–Kier alpha value is -4.10. The summed E-state index contributed by atoms with van der Waals surface area (Å²) < 4.78 is 0. The van der Waals surface area contributed by atoms with Gasteiger partial charge in [-0.2, -0.15) is 0 Å². The van der Waals surface area contributed by atoms with Gasteiger partial charge in [-0.15, -0.1) is 6.42 Å². The van der Waals surface area contributed by atoms with Crippen LogP contribution in [-0.4, -0.2) is 20.7 Å². The van der Waals surface area contributed by atoms with Gasteiger partial charge in [0.15, 0.2) is 5.78 Å². The van der Waals surface area contributed by atoms with Gasteiger partial charge in [0.25, 0.3) is 0 Å². The number of nitrogens with zero attached hydrogens (tertiary/aromatic N) is 3. The first-order chi connectivity index (χ1) is 15.1. The highest BCUT2D eigenvalue weighted by Crippen LogP contribution is 2.19. The highest BCUT2D eigenvalue weighted by Gasteiger charge is 2.10. The van der Waals surface area contributed by atoms with Crippen molar-refractivity contribution in [3.05, 3.63) is 113 Å². The van der Waals surface area contributed by atoms with E-state index in [-0.39, 0.29) is 5.78 Å².